The largest absolute Gasteiger partial charge is 0.504 e. The van der Waals surface area contributed by atoms with Crippen molar-refractivity contribution in [1.29, 1.82) is 0 Å². The molecule has 0 radical (unpaired) electrons. The van der Waals surface area contributed by atoms with Gasteiger partial charge in [-0.15, -0.1) is 0 Å². The fraction of sp³-hybridized carbons (Fsp3) is 0.0909. The summed E-state index contributed by atoms with van der Waals surface area (Å²) in [6.07, 6.45) is 1.29. The summed E-state index contributed by atoms with van der Waals surface area (Å²) in [6, 6.07) is 15.2. The quantitative estimate of drug-likeness (QED) is 0.314. The minimum atomic E-state index is -0.504. The number of halogens is 1. The van der Waals surface area contributed by atoms with Gasteiger partial charge in [-0.25, -0.2) is 9.82 Å². The molecule has 0 aliphatic heterocycles. The molecule has 1 amide bonds. The van der Waals surface area contributed by atoms with Crippen LogP contribution < -0.4 is 14.9 Å². The van der Waals surface area contributed by atoms with Gasteiger partial charge in [0, 0.05) is 5.56 Å². The molecule has 0 heterocycles. The van der Waals surface area contributed by atoms with Crippen LogP contribution >= 0.6 is 0 Å². The molecule has 0 aromatic heterocycles. The predicted molar refractivity (Wildman–Crippen MR) is 109 cm³/mol. The van der Waals surface area contributed by atoms with Gasteiger partial charge in [-0.05, 0) is 42.0 Å². The Bertz CT molecular complexity index is 1070. The number of hydrogen-bond acceptors (Lipinski definition) is 6. The Balaban J connectivity index is 1.68. The first-order chi connectivity index (χ1) is 14.5. The number of hydrazone groups is 1. The van der Waals surface area contributed by atoms with Gasteiger partial charge in [0.2, 0.25) is 5.75 Å². The van der Waals surface area contributed by atoms with Gasteiger partial charge in [-0.3, -0.25) is 4.79 Å². The lowest BCUT2D eigenvalue weighted by Gasteiger charge is -2.10. The average molecular weight is 410 g/mol. The SMILES string of the molecule is COc1cc(/C=N/NC(=O)c2ccccc2OCc2ccc(F)cc2)cc(O)c1O. The monoisotopic (exact) mass is 410 g/mol. The number of para-hydroxylation sites is 1. The highest BCUT2D eigenvalue weighted by molar-refractivity contribution is 5.97. The van der Waals surface area contributed by atoms with Gasteiger partial charge < -0.3 is 19.7 Å². The van der Waals surface area contributed by atoms with Crippen molar-refractivity contribution in [3.8, 4) is 23.0 Å². The first-order valence-electron chi connectivity index (χ1n) is 8.87. The Morgan fingerprint density at radius 2 is 1.83 bits per heavy atom. The normalized spacial score (nSPS) is 10.7. The summed E-state index contributed by atoms with van der Waals surface area (Å²) in [6.45, 7) is 0.167. The topological polar surface area (TPSA) is 100 Å². The van der Waals surface area contributed by atoms with Crippen LogP contribution in [0, 0.1) is 5.82 Å². The van der Waals surface area contributed by atoms with Crippen molar-refractivity contribution in [2.45, 2.75) is 6.61 Å². The number of ether oxygens (including phenoxy) is 2. The highest BCUT2D eigenvalue weighted by Crippen LogP contribution is 2.35. The number of amides is 1. The number of nitrogens with zero attached hydrogens (tertiary/aromatic N) is 1. The Hall–Kier alpha value is -4.07. The average Bonchev–Trinajstić information content (AvgIpc) is 2.75. The van der Waals surface area contributed by atoms with E-state index >= 15 is 0 Å². The minimum absolute atomic E-state index is 0.0716. The summed E-state index contributed by atoms with van der Waals surface area (Å²) in [4.78, 5) is 12.5. The number of phenolic OH excluding ortho intramolecular Hbond substituents is 2. The van der Waals surface area contributed by atoms with Gasteiger partial charge in [0.15, 0.2) is 11.5 Å². The van der Waals surface area contributed by atoms with E-state index in [0.717, 1.165) is 5.56 Å². The maximum absolute atomic E-state index is 13.0. The summed E-state index contributed by atoms with van der Waals surface area (Å²) < 4.78 is 23.7. The van der Waals surface area contributed by atoms with Crippen LogP contribution in [0.4, 0.5) is 4.39 Å². The van der Waals surface area contributed by atoms with Crippen LogP contribution in [0.1, 0.15) is 21.5 Å². The molecule has 3 aromatic rings. The first kappa shape index (κ1) is 20.7. The third-order valence-electron chi connectivity index (χ3n) is 4.12. The van der Waals surface area contributed by atoms with Crippen molar-refractivity contribution in [2.75, 3.05) is 7.11 Å². The number of aromatic hydroxyl groups is 2. The van der Waals surface area contributed by atoms with Crippen molar-refractivity contribution in [3.05, 3.63) is 83.2 Å². The standard InChI is InChI=1S/C22H19FN2O5/c1-29-20-11-15(10-18(26)21(20)27)12-24-25-22(28)17-4-2-3-5-19(17)30-13-14-6-8-16(23)9-7-14/h2-12,26-27H,13H2,1H3,(H,25,28)/b24-12+. The lowest BCUT2D eigenvalue weighted by molar-refractivity contribution is 0.0950. The molecule has 0 saturated heterocycles. The molecule has 0 bridgehead atoms. The van der Waals surface area contributed by atoms with Crippen molar-refractivity contribution >= 4 is 12.1 Å². The van der Waals surface area contributed by atoms with Crippen LogP contribution in [-0.4, -0.2) is 29.4 Å². The van der Waals surface area contributed by atoms with E-state index in [1.807, 2.05) is 0 Å². The number of methoxy groups -OCH3 is 1. The number of carbonyl (C=O) groups excluding carboxylic acids is 1. The van der Waals surface area contributed by atoms with E-state index in [-0.39, 0.29) is 35.2 Å². The molecule has 3 aromatic carbocycles. The molecule has 0 fully saturated rings. The lowest BCUT2D eigenvalue weighted by atomic mass is 10.2. The maximum Gasteiger partial charge on any atom is 0.275 e. The Kier molecular flexibility index (Phi) is 6.49. The van der Waals surface area contributed by atoms with Gasteiger partial charge in [0.05, 0.1) is 18.9 Å². The van der Waals surface area contributed by atoms with E-state index in [1.165, 1.54) is 37.6 Å². The highest BCUT2D eigenvalue weighted by Gasteiger charge is 2.12. The second kappa shape index (κ2) is 9.42. The van der Waals surface area contributed by atoms with E-state index in [1.54, 1.807) is 36.4 Å². The molecule has 3 N–H and O–H groups in total. The van der Waals surface area contributed by atoms with Gasteiger partial charge >= 0.3 is 0 Å². The Labute approximate surface area is 172 Å². The lowest BCUT2D eigenvalue weighted by Crippen LogP contribution is -2.18. The van der Waals surface area contributed by atoms with Crippen molar-refractivity contribution in [1.82, 2.24) is 5.43 Å². The molecule has 8 heteroatoms. The van der Waals surface area contributed by atoms with Crippen molar-refractivity contribution < 1.29 is 28.9 Å². The molecule has 3 rings (SSSR count). The maximum atomic E-state index is 13.0. The molecule has 30 heavy (non-hydrogen) atoms. The van der Waals surface area contributed by atoms with E-state index in [9.17, 15) is 19.4 Å². The summed E-state index contributed by atoms with van der Waals surface area (Å²) >= 11 is 0. The Morgan fingerprint density at radius 1 is 1.10 bits per heavy atom. The Morgan fingerprint density at radius 3 is 2.57 bits per heavy atom. The first-order valence-corrected chi connectivity index (χ1v) is 8.87. The van der Waals surface area contributed by atoms with E-state index in [4.69, 9.17) is 9.47 Å². The third-order valence-corrected chi connectivity index (χ3v) is 4.12. The zero-order chi connectivity index (χ0) is 21.5. The molecule has 0 saturated carbocycles. The van der Waals surface area contributed by atoms with Gasteiger partial charge in [-0.2, -0.15) is 5.10 Å². The smallest absolute Gasteiger partial charge is 0.275 e. The van der Waals surface area contributed by atoms with Gasteiger partial charge in [0.25, 0.3) is 5.91 Å². The zero-order valence-corrected chi connectivity index (χ0v) is 16.0. The second-order valence-corrected chi connectivity index (χ2v) is 6.20. The van der Waals surface area contributed by atoms with Crippen LogP contribution in [0.25, 0.3) is 0 Å². The van der Waals surface area contributed by atoms with Crippen LogP contribution in [0.3, 0.4) is 0 Å². The van der Waals surface area contributed by atoms with Crippen LogP contribution in [0.5, 0.6) is 23.0 Å². The number of carbonyl (C=O) groups is 1. The second-order valence-electron chi connectivity index (χ2n) is 6.20. The molecule has 154 valence electrons. The molecule has 0 unspecified atom stereocenters. The molecular formula is C22H19FN2O5. The number of rotatable bonds is 7. The summed E-state index contributed by atoms with van der Waals surface area (Å²) in [5, 5.41) is 23.2. The van der Waals surface area contributed by atoms with Gasteiger partial charge in [-0.1, -0.05) is 24.3 Å². The third kappa shape index (κ3) is 5.05. The summed E-state index contributed by atoms with van der Waals surface area (Å²) in [7, 11) is 1.35. The summed E-state index contributed by atoms with van der Waals surface area (Å²) in [5.74, 6) is -1.18. The number of phenols is 2. The molecular weight excluding hydrogens is 391 g/mol. The van der Waals surface area contributed by atoms with Crippen LogP contribution in [-0.2, 0) is 6.61 Å². The van der Waals surface area contributed by atoms with Crippen molar-refractivity contribution in [2.24, 2.45) is 5.10 Å². The molecule has 0 aliphatic rings. The number of benzene rings is 3. The van der Waals surface area contributed by atoms with E-state index < -0.39 is 5.91 Å². The zero-order valence-electron chi connectivity index (χ0n) is 16.0. The highest BCUT2D eigenvalue weighted by atomic mass is 19.1. The minimum Gasteiger partial charge on any atom is -0.504 e. The van der Waals surface area contributed by atoms with Gasteiger partial charge in [0.1, 0.15) is 18.2 Å². The predicted octanol–water partition coefficient (Wildman–Crippen LogP) is 3.59. The van der Waals surface area contributed by atoms with Crippen LogP contribution in [0.2, 0.25) is 0 Å². The number of hydrogen-bond donors (Lipinski definition) is 3. The van der Waals surface area contributed by atoms with Crippen molar-refractivity contribution in [3.63, 3.8) is 0 Å². The fourth-order valence-corrected chi connectivity index (χ4v) is 2.59. The summed E-state index contributed by atoms with van der Waals surface area (Å²) in [5.41, 5.74) is 3.81. The molecule has 0 atom stereocenters. The molecule has 0 spiro atoms. The number of nitrogens with one attached hydrogen (secondary N) is 1. The van der Waals surface area contributed by atoms with E-state index in [0.29, 0.717) is 11.3 Å². The molecule has 0 aliphatic carbocycles. The molecule has 7 nitrogen and oxygen atoms in total. The van der Waals surface area contributed by atoms with Crippen LogP contribution in [0.15, 0.2) is 65.8 Å². The van der Waals surface area contributed by atoms with E-state index in [2.05, 4.69) is 10.5 Å². The fourth-order valence-electron chi connectivity index (χ4n) is 2.59.